The summed E-state index contributed by atoms with van der Waals surface area (Å²) in [5.74, 6) is 0.461. The molecule has 0 unspecified atom stereocenters. The van der Waals surface area contributed by atoms with Crippen molar-refractivity contribution in [3.05, 3.63) is 33.9 Å². The number of nitrogen functional groups attached to an aromatic ring is 1. The zero-order valence-corrected chi connectivity index (χ0v) is 12.9. The molecule has 0 bridgehead atoms. The fourth-order valence-electron chi connectivity index (χ4n) is 3.19. The van der Waals surface area contributed by atoms with Gasteiger partial charge in [-0.15, -0.1) is 0 Å². The predicted molar refractivity (Wildman–Crippen MR) is 84.3 cm³/mol. The number of hydrogen-bond donors (Lipinski definition) is 2. The number of aromatic nitrogens is 2. The molecule has 0 saturated heterocycles. The van der Waals surface area contributed by atoms with Crippen molar-refractivity contribution in [1.82, 2.24) is 10.2 Å². The van der Waals surface area contributed by atoms with Crippen molar-refractivity contribution >= 4 is 29.0 Å². The van der Waals surface area contributed by atoms with E-state index in [4.69, 9.17) is 28.9 Å². The monoisotopic (exact) mass is 309 g/mol. The molecule has 106 valence electrons. The Bertz CT molecular complexity index is 622. The van der Waals surface area contributed by atoms with Crippen LogP contribution in [0.5, 0.6) is 0 Å². The number of nitrogens with two attached hydrogens (primary N) is 1. The number of H-pyrrole nitrogens is 1. The molecule has 1 aromatic heterocycles. The second-order valence-electron chi connectivity index (χ2n) is 5.72. The summed E-state index contributed by atoms with van der Waals surface area (Å²) in [7, 11) is 0. The van der Waals surface area contributed by atoms with Crippen LogP contribution in [0.15, 0.2) is 18.2 Å². The van der Waals surface area contributed by atoms with Crippen LogP contribution in [0.1, 0.15) is 38.3 Å². The summed E-state index contributed by atoms with van der Waals surface area (Å²) < 4.78 is 0. The molecular weight excluding hydrogens is 293 g/mol. The molecule has 0 radical (unpaired) electrons. The number of aromatic amines is 1. The van der Waals surface area contributed by atoms with E-state index in [1.807, 2.05) is 18.2 Å². The van der Waals surface area contributed by atoms with Crippen molar-refractivity contribution in [2.75, 3.05) is 5.73 Å². The first kappa shape index (κ1) is 13.8. The van der Waals surface area contributed by atoms with Gasteiger partial charge in [0, 0.05) is 11.0 Å². The molecule has 0 amide bonds. The Morgan fingerprint density at radius 3 is 2.35 bits per heavy atom. The summed E-state index contributed by atoms with van der Waals surface area (Å²) >= 11 is 12.7. The van der Waals surface area contributed by atoms with Gasteiger partial charge in [-0.25, -0.2) is 0 Å². The van der Waals surface area contributed by atoms with Gasteiger partial charge in [0.15, 0.2) is 5.82 Å². The normalized spacial score (nSPS) is 17.6. The van der Waals surface area contributed by atoms with Crippen LogP contribution in [-0.2, 0) is 5.41 Å². The van der Waals surface area contributed by atoms with Crippen LogP contribution in [0.3, 0.4) is 0 Å². The lowest BCUT2D eigenvalue weighted by atomic mass is 9.81. The first-order valence-corrected chi connectivity index (χ1v) is 7.57. The fraction of sp³-hybridized carbons (Fsp3) is 0.400. The summed E-state index contributed by atoms with van der Waals surface area (Å²) in [6.07, 6.45) is 4.71. The standard InChI is InChI=1S/C15H17Cl2N3/c1-15(7-2-3-8-15)13-12(14(18)20-19-13)11-9(16)5-4-6-10(11)17/h4-6H,2-3,7-8H2,1H3,(H3,18,19,20). The molecule has 20 heavy (non-hydrogen) atoms. The quantitative estimate of drug-likeness (QED) is 0.837. The highest BCUT2D eigenvalue weighted by Crippen LogP contribution is 2.47. The van der Waals surface area contributed by atoms with E-state index in [1.165, 1.54) is 12.8 Å². The highest BCUT2D eigenvalue weighted by atomic mass is 35.5. The van der Waals surface area contributed by atoms with E-state index < -0.39 is 0 Å². The summed E-state index contributed by atoms with van der Waals surface area (Å²) in [5, 5.41) is 8.53. The van der Waals surface area contributed by atoms with Gasteiger partial charge in [-0.1, -0.05) is 49.0 Å². The molecule has 5 heteroatoms. The van der Waals surface area contributed by atoms with Crippen molar-refractivity contribution in [3.63, 3.8) is 0 Å². The average Bonchev–Trinajstić information content (AvgIpc) is 2.98. The highest BCUT2D eigenvalue weighted by Gasteiger charge is 2.36. The molecule has 1 aliphatic carbocycles. The van der Waals surface area contributed by atoms with E-state index in [0.717, 1.165) is 29.7 Å². The van der Waals surface area contributed by atoms with E-state index in [9.17, 15) is 0 Å². The van der Waals surface area contributed by atoms with Gasteiger partial charge < -0.3 is 5.73 Å². The Kier molecular flexibility index (Phi) is 3.43. The van der Waals surface area contributed by atoms with Gasteiger partial charge in [-0.2, -0.15) is 5.10 Å². The number of benzene rings is 1. The van der Waals surface area contributed by atoms with Crippen LogP contribution in [-0.4, -0.2) is 10.2 Å². The third-order valence-corrected chi connectivity index (χ3v) is 4.95. The first-order valence-electron chi connectivity index (χ1n) is 6.81. The van der Waals surface area contributed by atoms with Gasteiger partial charge in [0.25, 0.3) is 0 Å². The van der Waals surface area contributed by atoms with E-state index in [2.05, 4.69) is 17.1 Å². The minimum Gasteiger partial charge on any atom is -0.382 e. The second kappa shape index (κ2) is 4.97. The van der Waals surface area contributed by atoms with Gasteiger partial charge in [0.05, 0.1) is 21.3 Å². The minimum absolute atomic E-state index is 0.0719. The highest BCUT2D eigenvalue weighted by molar-refractivity contribution is 6.39. The van der Waals surface area contributed by atoms with E-state index >= 15 is 0 Å². The van der Waals surface area contributed by atoms with E-state index in [0.29, 0.717) is 15.9 Å². The molecule has 0 atom stereocenters. The van der Waals surface area contributed by atoms with E-state index in [-0.39, 0.29) is 5.41 Å². The zero-order valence-electron chi connectivity index (χ0n) is 11.3. The number of nitrogens with one attached hydrogen (secondary N) is 1. The summed E-state index contributed by atoms with van der Waals surface area (Å²) in [6.45, 7) is 2.25. The number of halogens is 2. The van der Waals surface area contributed by atoms with Crippen molar-refractivity contribution < 1.29 is 0 Å². The summed E-state index contributed by atoms with van der Waals surface area (Å²) in [6, 6.07) is 5.49. The fourth-order valence-corrected chi connectivity index (χ4v) is 3.77. The van der Waals surface area contributed by atoms with Gasteiger partial charge >= 0.3 is 0 Å². The molecule has 1 saturated carbocycles. The molecule has 3 nitrogen and oxygen atoms in total. The maximum atomic E-state index is 6.34. The third kappa shape index (κ3) is 2.09. The maximum absolute atomic E-state index is 6.34. The molecule has 1 heterocycles. The van der Waals surface area contributed by atoms with Crippen molar-refractivity contribution in [2.45, 2.75) is 38.0 Å². The molecule has 0 aliphatic heterocycles. The molecule has 0 spiro atoms. The van der Waals surface area contributed by atoms with E-state index in [1.54, 1.807) is 0 Å². The lowest BCUT2D eigenvalue weighted by Gasteiger charge is -2.24. The van der Waals surface area contributed by atoms with Crippen molar-refractivity contribution in [3.8, 4) is 11.1 Å². The van der Waals surface area contributed by atoms with Gasteiger partial charge in [0.1, 0.15) is 0 Å². The lowest BCUT2D eigenvalue weighted by molar-refractivity contribution is 0.476. The Labute approximate surface area is 128 Å². The molecule has 1 aliphatic rings. The third-order valence-electron chi connectivity index (χ3n) is 4.32. The molecule has 3 N–H and O–H groups in total. The maximum Gasteiger partial charge on any atom is 0.153 e. The van der Waals surface area contributed by atoms with Crippen LogP contribution < -0.4 is 5.73 Å². The number of hydrogen-bond acceptors (Lipinski definition) is 2. The smallest absolute Gasteiger partial charge is 0.153 e. The SMILES string of the molecule is CC1(c2[nH]nc(N)c2-c2c(Cl)cccc2Cl)CCCC1. The molecule has 2 aromatic rings. The summed E-state index contributed by atoms with van der Waals surface area (Å²) in [4.78, 5) is 0. The number of anilines is 1. The Hall–Kier alpha value is -1.19. The van der Waals surface area contributed by atoms with Crippen LogP contribution >= 0.6 is 23.2 Å². The molecule has 1 fully saturated rings. The van der Waals surface area contributed by atoms with Crippen LogP contribution in [0, 0.1) is 0 Å². The summed E-state index contributed by atoms with van der Waals surface area (Å²) in [5.41, 5.74) is 8.86. The van der Waals surface area contributed by atoms with Gasteiger partial charge in [-0.3, -0.25) is 5.10 Å². The Balaban J connectivity index is 2.22. The second-order valence-corrected chi connectivity index (χ2v) is 6.54. The van der Waals surface area contributed by atoms with Crippen LogP contribution in [0.25, 0.3) is 11.1 Å². The van der Waals surface area contributed by atoms with Gasteiger partial charge in [-0.05, 0) is 25.0 Å². The van der Waals surface area contributed by atoms with Crippen molar-refractivity contribution in [1.29, 1.82) is 0 Å². The first-order chi connectivity index (χ1) is 9.53. The molecular formula is C15H17Cl2N3. The van der Waals surface area contributed by atoms with Crippen LogP contribution in [0.4, 0.5) is 5.82 Å². The topological polar surface area (TPSA) is 54.7 Å². The largest absolute Gasteiger partial charge is 0.382 e. The van der Waals surface area contributed by atoms with Crippen molar-refractivity contribution in [2.24, 2.45) is 0 Å². The Morgan fingerprint density at radius 1 is 1.15 bits per heavy atom. The average molecular weight is 310 g/mol. The zero-order chi connectivity index (χ0) is 14.3. The number of rotatable bonds is 2. The Morgan fingerprint density at radius 2 is 1.75 bits per heavy atom. The van der Waals surface area contributed by atoms with Gasteiger partial charge in [0.2, 0.25) is 0 Å². The lowest BCUT2D eigenvalue weighted by Crippen LogP contribution is -2.18. The molecule has 3 rings (SSSR count). The number of nitrogens with zero attached hydrogens (tertiary/aromatic N) is 1. The van der Waals surface area contributed by atoms with Crippen LogP contribution in [0.2, 0.25) is 10.0 Å². The predicted octanol–water partition coefficient (Wildman–Crippen LogP) is 4.80. The minimum atomic E-state index is 0.0719. The molecule has 1 aromatic carbocycles.